The number of carbonyl (C=O) groups excluding carboxylic acids is 3. The summed E-state index contributed by atoms with van der Waals surface area (Å²) in [6.45, 7) is 6.49. The number of benzene rings is 2. The Balaban J connectivity index is 1.42. The Bertz CT molecular complexity index is 1260. The first kappa shape index (κ1) is 30.5. The van der Waals surface area contributed by atoms with Crippen molar-refractivity contribution in [1.29, 1.82) is 0 Å². The summed E-state index contributed by atoms with van der Waals surface area (Å²) in [5, 5.41) is 15.2. The molecule has 3 aliphatic rings. The van der Waals surface area contributed by atoms with E-state index in [2.05, 4.69) is 45.3 Å². The van der Waals surface area contributed by atoms with Crippen LogP contribution in [-0.4, -0.2) is 76.5 Å². The lowest BCUT2D eigenvalue weighted by Crippen LogP contribution is -2.54. The Morgan fingerprint density at radius 2 is 1.62 bits per heavy atom. The highest BCUT2D eigenvalue weighted by Crippen LogP contribution is 2.60. The summed E-state index contributed by atoms with van der Waals surface area (Å²) in [7, 11) is 0. The minimum absolute atomic E-state index is 0.131. The molecule has 5 rings (SSSR count). The molecule has 0 radical (unpaired) electrons. The molecule has 3 fully saturated rings. The van der Waals surface area contributed by atoms with Gasteiger partial charge in [0.25, 0.3) is 0 Å². The highest BCUT2D eigenvalue weighted by Gasteiger charge is 2.76. The SMILES string of the molecule is CCN(CC)c1ccc(NC(=O)C2N(CCCCCCO)C(=O)[C@@H]3[C@@H](C(=O)Nc4ccccc4)[C@@H]4OC23CC4Br)cc1. The van der Waals surface area contributed by atoms with Crippen LogP contribution in [0.15, 0.2) is 54.6 Å². The summed E-state index contributed by atoms with van der Waals surface area (Å²) in [5.74, 6) is -2.26. The third-order valence-electron chi connectivity index (χ3n) is 8.95. The molecule has 2 aromatic carbocycles. The number of halogens is 1. The van der Waals surface area contributed by atoms with Gasteiger partial charge >= 0.3 is 0 Å². The van der Waals surface area contributed by atoms with Gasteiger partial charge in [-0.05, 0) is 69.5 Å². The lowest BCUT2D eigenvalue weighted by atomic mass is 9.70. The second kappa shape index (κ2) is 13.1. The van der Waals surface area contributed by atoms with E-state index in [-0.39, 0.29) is 29.2 Å². The van der Waals surface area contributed by atoms with E-state index in [9.17, 15) is 14.4 Å². The first-order chi connectivity index (χ1) is 20.3. The normalized spacial score (nSPS) is 27.7. The standard InChI is InChI=1S/C32H41BrN4O5/c1-3-36(4-2)23-16-14-22(15-17-23)35-30(40)28-32-20-24(33)27(42-32)25(29(39)34-21-12-8-7-9-13-21)26(32)31(41)37(28)18-10-5-6-11-19-38/h7-9,12-17,24-28,38H,3-6,10-11,18-20H2,1-2H3,(H,34,39)(H,35,40)/t24?,25-,26+,27-,28?,32?/m1/s1. The van der Waals surface area contributed by atoms with E-state index >= 15 is 0 Å². The first-order valence-electron chi connectivity index (χ1n) is 15.1. The predicted octanol–water partition coefficient (Wildman–Crippen LogP) is 4.41. The molecular formula is C32H41BrN4O5. The number of aliphatic hydroxyl groups is 1. The van der Waals surface area contributed by atoms with E-state index in [1.807, 2.05) is 54.6 Å². The Labute approximate surface area is 256 Å². The molecule has 3 saturated heterocycles. The summed E-state index contributed by atoms with van der Waals surface area (Å²) < 4.78 is 6.59. The van der Waals surface area contributed by atoms with Gasteiger partial charge in [-0.15, -0.1) is 0 Å². The lowest BCUT2D eigenvalue weighted by Gasteiger charge is -2.34. The van der Waals surface area contributed by atoms with Crippen molar-refractivity contribution in [3.63, 3.8) is 0 Å². The number of likely N-dealkylation sites (tertiary alicyclic amines) is 1. The summed E-state index contributed by atoms with van der Waals surface area (Å²) in [4.78, 5) is 45.6. The van der Waals surface area contributed by atoms with E-state index in [0.29, 0.717) is 37.2 Å². The van der Waals surface area contributed by atoms with Gasteiger partial charge in [0, 0.05) is 48.1 Å². The lowest BCUT2D eigenvalue weighted by molar-refractivity contribution is -0.139. The largest absolute Gasteiger partial charge is 0.396 e. The number of unbranched alkanes of at least 4 members (excludes halogenated alkanes) is 3. The number of hydrogen-bond acceptors (Lipinski definition) is 6. The number of para-hydroxylation sites is 1. The van der Waals surface area contributed by atoms with Gasteiger partial charge in [0.2, 0.25) is 17.7 Å². The molecule has 2 bridgehead atoms. The van der Waals surface area contributed by atoms with Crippen molar-refractivity contribution in [1.82, 2.24) is 4.90 Å². The van der Waals surface area contributed by atoms with Crippen molar-refractivity contribution in [3.8, 4) is 0 Å². The number of alkyl halides is 1. The number of rotatable bonds is 13. The van der Waals surface area contributed by atoms with Crippen molar-refractivity contribution in [3.05, 3.63) is 54.6 Å². The average Bonchev–Trinajstić information content (AvgIpc) is 3.58. The zero-order valence-corrected chi connectivity index (χ0v) is 25.9. The van der Waals surface area contributed by atoms with Gasteiger partial charge in [-0.25, -0.2) is 0 Å². The molecule has 0 aromatic heterocycles. The van der Waals surface area contributed by atoms with Crippen LogP contribution in [0.4, 0.5) is 17.1 Å². The summed E-state index contributed by atoms with van der Waals surface area (Å²) in [6, 6.07) is 16.0. The van der Waals surface area contributed by atoms with Crippen molar-refractivity contribution < 1.29 is 24.2 Å². The number of anilines is 3. The number of carbonyl (C=O) groups is 3. The van der Waals surface area contributed by atoms with Crippen LogP contribution in [0.3, 0.4) is 0 Å². The number of nitrogens with zero attached hydrogens (tertiary/aromatic N) is 2. The van der Waals surface area contributed by atoms with Crippen molar-refractivity contribution >= 4 is 50.7 Å². The molecular weight excluding hydrogens is 600 g/mol. The van der Waals surface area contributed by atoms with E-state index in [1.54, 1.807) is 4.90 Å². The van der Waals surface area contributed by atoms with Gasteiger partial charge in [0.1, 0.15) is 11.6 Å². The Kier molecular flexibility index (Phi) is 9.54. The first-order valence-corrected chi connectivity index (χ1v) is 16.0. The quantitative estimate of drug-likeness (QED) is 0.221. The molecule has 6 atom stereocenters. The summed E-state index contributed by atoms with van der Waals surface area (Å²) in [6.07, 6.45) is 3.00. The molecule has 3 unspecified atom stereocenters. The highest BCUT2D eigenvalue weighted by atomic mass is 79.9. The fourth-order valence-electron chi connectivity index (χ4n) is 7.02. The van der Waals surface area contributed by atoms with E-state index in [4.69, 9.17) is 9.84 Å². The Morgan fingerprint density at radius 1 is 0.976 bits per heavy atom. The van der Waals surface area contributed by atoms with Crippen LogP contribution in [0, 0.1) is 11.8 Å². The molecule has 3 N–H and O–H groups in total. The van der Waals surface area contributed by atoms with E-state index < -0.39 is 29.6 Å². The van der Waals surface area contributed by atoms with Gasteiger partial charge in [-0.1, -0.05) is 47.0 Å². The molecule has 3 amide bonds. The van der Waals surface area contributed by atoms with Gasteiger partial charge in [-0.3, -0.25) is 14.4 Å². The number of nitrogens with one attached hydrogen (secondary N) is 2. The van der Waals surface area contributed by atoms with Gasteiger partial charge in [0.15, 0.2) is 0 Å². The predicted molar refractivity (Wildman–Crippen MR) is 167 cm³/mol. The van der Waals surface area contributed by atoms with E-state index in [0.717, 1.165) is 31.6 Å². The second-order valence-corrected chi connectivity index (χ2v) is 12.6. The van der Waals surface area contributed by atoms with Gasteiger partial charge in [-0.2, -0.15) is 0 Å². The maximum atomic E-state index is 14.1. The summed E-state index contributed by atoms with van der Waals surface area (Å²) in [5.41, 5.74) is 1.26. The fraction of sp³-hybridized carbons (Fsp3) is 0.531. The minimum Gasteiger partial charge on any atom is -0.396 e. The molecule has 0 aliphatic carbocycles. The van der Waals surface area contributed by atoms with Crippen molar-refractivity contribution in [2.45, 2.75) is 68.5 Å². The van der Waals surface area contributed by atoms with Gasteiger partial charge < -0.3 is 30.3 Å². The Morgan fingerprint density at radius 3 is 2.29 bits per heavy atom. The molecule has 0 saturated carbocycles. The van der Waals surface area contributed by atoms with Crippen LogP contribution < -0.4 is 15.5 Å². The molecule has 2 aromatic rings. The van der Waals surface area contributed by atoms with Crippen LogP contribution in [-0.2, 0) is 19.1 Å². The van der Waals surface area contributed by atoms with E-state index in [1.165, 1.54) is 0 Å². The van der Waals surface area contributed by atoms with Crippen LogP contribution in [0.2, 0.25) is 0 Å². The third-order valence-corrected chi connectivity index (χ3v) is 9.80. The molecule has 10 heteroatoms. The molecule has 1 spiro atoms. The van der Waals surface area contributed by atoms with Gasteiger partial charge in [0.05, 0.1) is 17.9 Å². The number of hydrogen-bond donors (Lipinski definition) is 3. The number of ether oxygens (including phenoxy) is 1. The topological polar surface area (TPSA) is 111 Å². The number of fused-ring (bicyclic) bond motifs is 1. The summed E-state index contributed by atoms with van der Waals surface area (Å²) >= 11 is 3.73. The van der Waals surface area contributed by atoms with Crippen LogP contribution >= 0.6 is 15.9 Å². The number of aliphatic hydroxyl groups excluding tert-OH is 1. The highest BCUT2D eigenvalue weighted by molar-refractivity contribution is 9.09. The number of amides is 3. The molecule has 3 heterocycles. The maximum Gasteiger partial charge on any atom is 0.250 e. The third kappa shape index (κ3) is 5.68. The van der Waals surface area contributed by atoms with Crippen molar-refractivity contribution in [2.24, 2.45) is 11.8 Å². The fourth-order valence-corrected chi connectivity index (χ4v) is 7.96. The minimum atomic E-state index is -1.11. The second-order valence-electron chi connectivity index (χ2n) is 11.4. The molecule has 3 aliphatic heterocycles. The zero-order chi connectivity index (χ0) is 29.9. The molecule has 226 valence electrons. The van der Waals surface area contributed by atoms with Crippen LogP contribution in [0.5, 0.6) is 0 Å². The monoisotopic (exact) mass is 640 g/mol. The molecule has 42 heavy (non-hydrogen) atoms. The smallest absolute Gasteiger partial charge is 0.250 e. The van der Waals surface area contributed by atoms with Crippen LogP contribution in [0.25, 0.3) is 0 Å². The average molecular weight is 642 g/mol. The maximum absolute atomic E-state index is 14.1. The zero-order valence-electron chi connectivity index (χ0n) is 24.3. The molecule has 9 nitrogen and oxygen atoms in total. The van der Waals surface area contributed by atoms with Crippen LogP contribution in [0.1, 0.15) is 46.0 Å². The van der Waals surface area contributed by atoms with Crippen molar-refractivity contribution in [2.75, 3.05) is 41.8 Å². The Hall–Kier alpha value is -2.95.